The lowest BCUT2D eigenvalue weighted by atomic mass is 10.0. The van der Waals surface area contributed by atoms with E-state index in [0.717, 1.165) is 17.7 Å². The van der Waals surface area contributed by atoms with Gasteiger partial charge in [-0.25, -0.2) is 0 Å². The van der Waals surface area contributed by atoms with Gasteiger partial charge >= 0.3 is 5.97 Å². The van der Waals surface area contributed by atoms with E-state index in [9.17, 15) is 4.79 Å². The van der Waals surface area contributed by atoms with Crippen molar-refractivity contribution in [3.8, 4) is 5.75 Å². The van der Waals surface area contributed by atoms with Gasteiger partial charge in [0.05, 0.1) is 12.5 Å². The molecule has 2 rings (SSSR count). The van der Waals surface area contributed by atoms with E-state index in [0.29, 0.717) is 6.61 Å². The molecule has 0 radical (unpaired) electrons. The molecule has 0 aliphatic rings. The number of ether oxygens (including phenoxy) is 1. The Morgan fingerprint density at radius 2 is 1.75 bits per heavy atom. The van der Waals surface area contributed by atoms with Crippen molar-refractivity contribution in [1.82, 2.24) is 0 Å². The molecule has 0 saturated carbocycles. The lowest BCUT2D eigenvalue weighted by Crippen LogP contribution is -2.07. The van der Waals surface area contributed by atoms with Gasteiger partial charge in [0.1, 0.15) is 5.75 Å². The summed E-state index contributed by atoms with van der Waals surface area (Å²) in [7, 11) is 0. The number of benzene rings is 2. The molecule has 2 aromatic carbocycles. The first-order chi connectivity index (χ1) is 9.66. The zero-order chi connectivity index (χ0) is 14.4. The minimum absolute atomic E-state index is 0.492. The molecular weight excluding hydrogens is 252 g/mol. The Bertz CT molecular complexity index is 546. The molecule has 0 spiro atoms. The van der Waals surface area contributed by atoms with Gasteiger partial charge in [0.15, 0.2) is 0 Å². The van der Waals surface area contributed by atoms with E-state index in [4.69, 9.17) is 9.84 Å². The molecule has 2 aromatic rings. The van der Waals surface area contributed by atoms with Crippen LogP contribution >= 0.6 is 0 Å². The van der Waals surface area contributed by atoms with E-state index in [1.54, 1.807) is 19.1 Å². The van der Waals surface area contributed by atoms with Crippen LogP contribution in [0.15, 0.2) is 54.6 Å². The summed E-state index contributed by atoms with van der Waals surface area (Å²) in [4.78, 5) is 10.9. The zero-order valence-electron chi connectivity index (χ0n) is 11.5. The summed E-state index contributed by atoms with van der Waals surface area (Å²) in [6.45, 7) is 2.28. The average Bonchev–Trinajstić information content (AvgIpc) is 2.48. The summed E-state index contributed by atoms with van der Waals surface area (Å²) < 4.78 is 5.66. The van der Waals surface area contributed by atoms with Crippen molar-refractivity contribution in [2.45, 2.75) is 19.3 Å². The molecule has 1 atom stereocenters. The molecule has 104 valence electrons. The van der Waals surface area contributed by atoms with Crippen LogP contribution in [0.5, 0.6) is 5.75 Å². The normalized spacial score (nSPS) is 11.8. The Morgan fingerprint density at radius 1 is 1.10 bits per heavy atom. The van der Waals surface area contributed by atoms with Crippen LogP contribution in [0.3, 0.4) is 0 Å². The number of hydrogen-bond acceptors (Lipinski definition) is 2. The van der Waals surface area contributed by atoms with Crippen LogP contribution in [-0.2, 0) is 11.2 Å². The first kappa shape index (κ1) is 14.1. The van der Waals surface area contributed by atoms with Gasteiger partial charge in [-0.05, 0) is 30.2 Å². The minimum atomic E-state index is -0.817. The third-order valence-electron chi connectivity index (χ3n) is 3.25. The van der Waals surface area contributed by atoms with Crippen molar-refractivity contribution >= 4 is 5.97 Å². The van der Waals surface area contributed by atoms with Crippen molar-refractivity contribution in [3.63, 3.8) is 0 Å². The Kier molecular flexibility index (Phi) is 4.77. The smallest absolute Gasteiger partial charge is 0.310 e. The molecule has 0 heterocycles. The third kappa shape index (κ3) is 3.85. The van der Waals surface area contributed by atoms with Gasteiger partial charge in [0, 0.05) is 6.42 Å². The second-order valence-corrected chi connectivity index (χ2v) is 4.71. The van der Waals surface area contributed by atoms with Crippen molar-refractivity contribution in [1.29, 1.82) is 0 Å². The second-order valence-electron chi connectivity index (χ2n) is 4.71. The fraction of sp³-hybridized carbons (Fsp3) is 0.235. The highest BCUT2D eigenvalue weighted by Crippen LogP contribution is 2.19. The first-order valence-electron chi connectivity index (χ1n) is 6.66. The molecule has 0 saturated heterocycles. The summed E-state index contributed by atoms with van der Waals surface area (Å²) in [5.41, 5.74) is 2.02. The summed E-state index contributed by atoms with van der Waals surface area (Å²) in [6.07, 6.45) is 0.855. The standard InChI is InChI=1S/C17H18O3/c1-13(17(18)19)15-7-9-16(10-8-15)20-12-11-14-5-3-2-4-6-14/h2-10,13H,11-12H2,1H3,(H,18,19). The number of hydrogen-bond donors (Lipinski definition) is 1. The van der Waals surface area contributed by atoms with Crippen LogP contribution in [0.2, 0.25) is 0 Å². The molecule has 3 nitrogen and oxygen atoms in total. The van der Waals surface area contributed by atoms with Crippen molar-refractivity contribution in [2.75, 3.05) is 6.61 Å². The molecule has 0 aromatic heterocycles. The number of carboxylic acids is 1. The van der Waals surface area contributed by atoms with Gasteiger partial charge in [0.2, 0.25) is 0 Å². The molecule has 0 fully saturated rings. The number of carbonyl (C=O) groups is 1. The van der Waals surface area contributed by atoms with Crippen LogP contribution in [0.4, 0.5) is 0 Å². The maximum absolute atomic E-state index is 10.9. The second kappa shape index (κ2) is 6.75. The summed E-state index contributed by atoms with van der Waals surface area (Å²) in [5.74, 6) is -0.543. The largest absolute Gasteiger partial charge is 0.493 e. The Labute approximate surface area is 118 Å². The average molecular weight is 270 g/mol. The van der Waals surface area contributed by atoms with Gasteiger partial charge in [-0.1, -0.05) is 42.5 Å². The zero-order valence-corrected chi connectivity index (χ0v) is 11.5. The van der Waals surface area contributed by atoms with Crippen LogP contribution in [0.25, 0.3) is 0 Å². The lowest BCUT2D eigenvalue weighted by Gasteiger charge is -2.09. The number of carboxylic acid groups (broad SMARTS) is 1. The quantitative estimate of drug-likeness (QED) is 0.874. The van der Waals surface area contributed by atoms with Gasteiger partial charge in [-0.3, -0.25) is 4.79 Å². The maximum atomic E-state index is 10.9. The van der Waals surface area contributed by atoms with Crippen molar-refractivity contribution < 1.29 is 14.6 Å². The van der Waals surface area contributed by atoms with Crippen molar-refractivity contribution in [2.24, 2.45) is 0 Å². The Hall–Kier alpha value is -2.29. The van der Waals surface area contributed by atoms with Gasteiger partial charge < -0.3 is 9.84 Å². The molecule has 0 bridgehead atoms. The molecule has 20 heavy (non-hydrogen) atoms. The van der Waals surface area contributed by atoms with E-state index in [1.807, 2.05) is 30.3 Å². The molecule has 0 aliphatic heterocycles. The van der Waals surface area contributed by atoms with E-state index < -0.39 is 11.9 Å². The van der Waals surface area contributed by atoms with Gasteiger partial charge in [0.25, 0.3) is 0 Å². The summed E-state index contributed by atoms with van der Waals surface area (Å²) >= 11 is 0. The topological polar surface area (TPSA) is 46.5 Å². The predicted octanol–water partition coefficient (Wildman–Crippen LogP) is 3.50. The molecule has 1 unspecified atom stereocenters. The highest BCUT2D eigenvalue weighted by atomic mass is 16.5. The van der Waals surface area contributed by atoms with E-state index in [-0.39, 0.29) is 0 Å². The SMILES string of the molecule is CC(C(=O)O)c1ccc(OCCc2ccccc2)cc1. The number of rotatable bonds is 6. The first-order valence-corrected chi connectivity index (χ1v) is 6.66. The molecule has 1 N–H and O–H groups in total. The van der Waals surface area contributed by atoms with Crippen LogP contribution in [0.1, 0.15) is 24.0 Å². The predicted molar refractivity (Wildman–Crippen MR) is 78.1 cm³/mol. The fourth-order valence-electron chi connectivity index (χ4n) is 1.93. The third-order valence-corrected chi connectivity index (χ3v) is 3.25. The highest BCUT2D eigenvalue weighted by molar-refractivity contribution is 5.75. The van der Waals surface area contributed by atoms with Crippen molar-refractivity contribution in [3.05, 3.63) is 65.7 Å². The molecule has 0 aliphatic carbocycles. The monoisotopic (exact) mass is 270 g/mol. The molecular formula is C17H18O3. The van der Waals surface area contributed by atoms with E-state index >= 15 is 0 Å². The highest BCUT2D eigenvalue weighted by Gasteiger charge is 2.12. The number of aliphatic carboxylic acids is 1. The molecule has 0 amide bonds. The van der Waals surface area contributed by atoms with Gasteiger partial charge in [-0.15, -0.1) is 0 Å². The lowest BCUT2D eigenvalue weighted by molar-refractivity contribution is -0.138. The van der Waals surface area contributed by atoms with Crippen LogP contribution in [-0.4, -0.2) is 17.7 Å². The summed E-state index contributed by atoms with van der Waals surface area (Å²) in [5, 5.41) is 8.94. The van der Waals surface area contributed by atoms with Crippen LogP contribution in [0, 0.1) is 0 Å². The summed E-state index contributed by atoms with van der Waals surface area (Å²) in [6, 6.07) is 17.4. The van der Waals surface area contributed by atoms with Crippen LogP contribution < -0.4 is 4.74 Å². The Balaban J connectivity index is 1.86. The minimum Gasteiger partial charge on any atom is -0.493 e. The molecule has 3 heteroatoms. The fourth-order valence-corrected chi connectivity index (χ4v) is 1.93. The van der Waals surface area contributed by atoms with E-state index in [2.05, 4.69) is 12.1 Å². The van der Waals surface area contributed by atoms with Gasteiger partial charge in [-0.2, -0.15) is 0 Å². The Morgan fingerprint density at radius 3 is 2.35 bits per heavy atom. The van der Waals surface area contributed by atoms with E-state index in [1.165, 1.54) is 5.56 Å². The maximum Gasteiger partial charge on any atom is 0.310 e.